The van der Waals surface area contributed by atoms with Gasteiger partial charge in [0.2, 0.25) is 0 Å². The van der Waals surface area contributed by atoms with E-state index in [1.165, 1.54) is 0 Å². The zero-order valence-electron chi connectivity index (χ0n) is 11.9. The van der Waals surface area contributed by atoms with E-state index >= 15 is 0 Å². The molecule has 0 bridgehead atoms. The first-order chi connectivity index (χ1) is 9.22. The van der Waals surface area contributed by atoms with Crippen LogP contribution in [0.25, 0.3) is 0 Å². The van der Waals surface area contributed by atoms with Crippen LogP contribution in [0, 0.1) is 0 Å². The molecule has 0 aromatic heterocycles. The highest BCUT2D eigenvalue weighted by molar-refractivity contribution is 5.94. The van der Waals surface area contributed by atoms with Crippen LogP contribution < -0.4 is 16.4 Å². The third-order valence-electron chi connectivity index (χ3n) is 3.16. The first-order valence-electron chi connectivity index (χ1n) is 6.35. The number of urea groups is 1. The molecule has 6 nitrogen and oxygen atoms in total. The van der Waals surface area contributed by atoms with Gasteiger partial charge in [0.25, 0.3) is 5.91 Å². The number of hydrogen-bond donors (Lipinski definition) is 4. The molecular weight excluding hydrogens is 258 g/mol. The lowest BCUT2D eigenvalue weighted by Gasteiger charge is -2.29. The van der Waals surface area contributed by atoms with Gasteiger partial charge in [-0.05, 0) is 38.5 Å². The molecule has 0 radical (unpaired) electrons. The quantitative estimate of drug-likeness (QED) is 0.639. The molecular formula is C14H21N3O3. The topological polar surface area (TPSA) is 104 Å². The molecule has 1 unspecified atom stereocenters. The molecule has 110 valence electrons. The predicted octanol–water partition coefficient (Wildman–Crippen LogP) is 0.744. The first-order valence-corrected chi connectivity index (χ1v) is 6.35. The normalized spacial score (nSPS) is 12.6. The van der Waals surface area contributed by atoms with Gasteiger partial charge in [0.05, 0.1) is 11.6 Å². The largest absolute Gasteiger partial charge is 0.391 e. The minimum atomic E-state index is -0.705. The zero-order chi connectivity index (χ0) is 15.3. The first kappa shape index (κ1) is 16.0. The molecule has 0 saturated carbocycles. The van der Waals surface area contributed by atoms with Crippen LogP contribution in [0.15, 0.2) is 24.3 Å². The van der Waals surface area contributed by atoms with E-state index in [-0.39, 0.29) is 5.91 Å². The van der Waals surface area contributed by atoms with E-state index in [1.54, 1.807) is 45.0 Å². The Morgan fingerprint density at radius 3 is 2.30 bits per heavy atom. The Morgan fingerprint density at radius 1 is 1.30 bits per heavy atom. The van der Waals surface area contributed by atoms with Crippen molar-refractivity contribution in [1.82, 2.24) is 10.6 Å². The molecule has 20 heavy (non-hydrogen) atoms. The summed E-state index contributed by atoms with van der Waals surface area (Å²) in [5.74, 6) is -0.259. The van der Waals surface area contributed by atoms with E-state index in [1.807, 2.05) is 0 Å². The van der Waals surface area contributed by atoms with Gasteiger partial charge in [-0.25, -0.2) is 4.79 Å². The van der Waals surface area contributed by atoms with Crippen LogP contribution in [-0.2, 0) is 6.54 Å². The van der Waals surface area contributed by atoms with Crippen LogP contribution in [0.5, 0.6) is 0 Å². The maximum Gasteiger partial charge on any atom is 0.312 e. The van der Waals surface area contributed by atoms with Crippen LogP contribution in [0.4, 0.5) is 4.79 Å². The van der Waals surface area contributed by atoms with Crippen molar-refractivity contribution in [3.8, 4) is 0 Å². The summed E-state index contributed by atoms with van der Waals surface area (Å²) in [6, 6.07) is 6.20. The Hall–Kier alpha value is -2.08. The Balaban J connectivity index is 2.68. The van der Waals surface area contributed by atoms with Crippen molar-refractivity contribution in [3.63, 3.8) is 0 Å². The fourth-order valence-corrected chi connectivity index (χ4v) is 1.43. The van der Waals surface area contributed by atoms with E-state index in [4.69, 9.17) is 5.73 Å². The fraction of sp³-hybridized carbons (Fsp3) is 0.429. The number of nitrogens with two attached hydrogens (primary N) is 1. The number of carbonyl (C=O) groups is 2. The zero-order valence-corrected chi connectivity index (χ0v) is 11.9. The van der Waals surface area contributed by atoms with Crippen LogP contribution in [-0.4, -0.2) is 28.7 Å². The summed E-state index contributed by atoms with van der Waals surface area (Å²) >= 11 is 0. The standard InChI is InChI=1S/C14H21N3O3/c1-9(18)14(2,3)17-12(19)11-6-4-10(5-7-11)8-16-13(15)20/h4-7,9,18H,8H2,1-3H3,(H,17,19)(H3,15,16,20). The number of nitrogens with one attached hydrogen (secondary N) is 2. The molecule has 6 heteroatoms. The Morgan fingerprint density at radius 2 is 1.85 bits per heavy atom. The second-order valence-electron chi connectivity index (χ2n) is 5.27. The smallest absolute Gasteiger partial charge is 0.312 e. The molecule has 0 saturated heterocycles. The van der Waals surface area contributed by atoms with Crippen molar-refractivity contribution in [1.29, 1.82) is 0 Å². The highest BCUT2D eigenvalue weighted by Gasteiger charge is 2.26. The molecule has 1 atom stereocenters. The molecule has 1 rings (SSSR count). The lowest BCUT2D eigenvalue weighted by Crippen LogP contribution is -2.50. The van der Waals surface area contributed by atoms with Gasteiger partial charge in [0, 0.05) is 12.1 Å². The molecule has 0 spiro atoms. The molecule has 1 aromatic rings. The SMILES string of the molecule is CC(O)C(C)(C)NC(=O)c1ccc(CNC(N)=O)cc1. The second kappa shape index (κ2) is 6.38. The number of aliphatic hydroxyl groups is 1. The van der Waals surface area contributed by atoms with E-state index in [9.17, 15) is 14.7 Å². The average Bonchev–Trinajstić information content (AvgIpc) is 2.36. The summed E-state index contributed by atoms with van der Waals surface area (Å²) in [7, 11) is 0. The van der Waals surface area contributed by atoms with Crippen molar-refractivity contribution in [2.45, 2.75) is 39.0 Å². The number of carbonyl (C=O) groups excluding carboxylic acids is 2. The molecule has 0 aliphatic heterocycles. The number of hydrogen-bond acceptors (Lipinski definition) is 3. The van der Waals surface area contributed by atoms with E-state index in [0.29, 0.717) is 12.1 Å². The highest BCUT2D eigenvalue weighted by atomic mass is 16.3. The molecule has 5 N–H and O–H groups in total. The van der Waals surface area contributed by atoms with E-state index in [0.717, 1.165) is 5.56 Å². The van der Waals surface area contributed by atoms with Gasteiger partial charge in [0.15, 0.2) is 0 Å². The predicted molar refractivity (Wildman–Crippen MR) is 76.1 cm³/mol. The van der Waals surface area contributed by atoms with Crippen molar-refractivity contribution in [2.24, 2.45) is 5.73 Å². The van der Waals surface area contributed by atoms with Gasteiger partial charge in [-0.3, -0.25) is 4.79 Å². The lowest BCUT2D eigenvalue weighted by molar-refractivity contribution is 0.0709. The van der Waals surface area contributed by atoms with Crippen LogP contribution in [0.1, 0.15) is 36.7 Å². The van der Waals surface area contributed by atoms with E-state index < -0.39 is 17.7 Å². The molecule has 0 heterocycles. The van der Waals surface area contributed by atoms with Crippen LogP contribution >= 0.6 is 0 Å². The summed E-state index contributed by atoms with van der Waals surface area (Å²) in [5.41, 5.74) is 5.60. The van der Waals surface area contributed by atoms with Gasteiger partial charge >= 0.3 is 6.03 Å². The third-order valence-corrected chi connectivity index (χ3v) is 3.16. The minimum Gasteiger partial charge on any atom is -0.391 e. The summed E-state index contributed by atoms with van der Waals surface area (Å²) in [6.07, 6.45) is -0.662. The van der Waals surface area contributed by atoms with Gasteiger partial charge in [-0.15, -0.1) is 0 Å². The monoisotopic (exact) mass is 279 g/mol. The number of rotatable bonds is 5. The molecule has 0 aliphatic carbocycles. The highest BCUT2D eigenvalue weighted by Crippen LogP contribution is 2.11. The Labute approximate surface area is 118 Å². The van der Waals surface area contributed by atoms with Crippen molar-refractivity contribution in [3.05, 3.63) is 35.4 Å². The summed E-state index contributed by atoms with van der Waals surface area (Å²) in [5, 5.41) is 14.8. The van der Waals surface area contributed by atoms with Gasteiger partial charge in [-0.1, -0.05) is 12.1 Å². The average molecular weight is 279 g/mol. The van der Waals surface area contributed by atoms with Crippen LogP contribution in [0.2, 0.25) is 0 Å². The van der Waals surface area contributed by atoms with Crippen molar-refractivity contribution in [2.75, 3.05) is 0 Å². The lowest BCUT2D eigenvalue weighted by atomic mass is 9.98. The Kier molecular flexibility index (Phi) is 5.10. The van der Waals surface area contributed by atoms with Gasteiger partial charge < -0.3 is 21.5 Å². The summed E-state index contributed by atoms with van der Waals surface area (Å²) < 4.78 is 0. The maximum atomic E-state index is 12.0. The fourth-order valence-electron chi connectivity index (χ4n) is 1.43. The summed E-state index contributed by atoms with van der Waals surface area (Å²) in [4.78, 5) is 22.6. The van der Waals surface area contributed by atoms with Crippen molar-refractivity contribution >= 4 is 11.9 Å². The molecule has 1 aromatic carbocycles. The number of amides is 3. The minimum absolute atomic E-state index is 0.259. The van der Waals surface area contributed by atoms with Crippen LogP contribution in [0.3, 0.4) is 0 Å². The number of primary amides is 1. The van der Waals surface area contributed by atoms with Gasteiger partial charge in [0.1, 0.15) is 0 Å². The number of aliphatic hydroxyl groups excluding tert-OH is 1. The van der Waals surface area contributed by atoms with E-state index in [2.05, 4.69) is 10.6 Å². The molecule has 0 aliphatic rings. The number of benzene rings is 1. The Bertz CT molecular complexity index is 481. The molecule has 3 amide bonds. The third kappa shape index (κ3) is 4.55. The maximum absolute atomic E-state index is 12.0. The molecule has 0 fully saturated rings. The van der Waals surface area contributed by atoms with Gasteiger partial charge in [-0.2, -0.15) is 0 Å². The summed E-state index contributed by atoms with van der Waals surface area (Å²) in [6.45, 7) is 5.44. The second-order valence-corrected chi connectivity index (χ2v) is 5.27. The van der Waals surface area contributed by atoms with Crippen molar-refractivity contribution < 1.29 is 14.7 Å².